The van der Waals surface area contributed by atoms with E-state index in [0.717, 1.165) is 17.1 Å². The molecular formula is C14H22N2O. The van der Waals surface area contributed by atoms with E-state index >= 15 is 0 Å². The third-order valence-corrected chi connectivity index (χ3v) is 3.51. The first kappa shape index (κ1) is 12.1. The van der Waals surface area contributed by atoms with Gasteiger partial charge in [0.25, 0.3) is 0 Å². The first-order valence-corrected chi connectivity index (χ1v) is 6.44. The minimum Gasteiger partial charge on any atom is -0.492 e. The molecule has 17 heavy (non-hydrogen) atoms. The molecule has 1 fully saturated rings. The van der Waals surface area contributed by atoms with Gasteiger partial charge >= 0.3 is 0 Å². The van der Waals surface area contributed by atoms with Crippen LogP contribution in [0.5, 0.6) is 5.75 Å². The summed E-state index contributed by atoms with van der Waals surface area (Å²) in [6.45, 7) is 7.23. The van der Waals surface area contributed by atoms with Crippen molar-refractivity contribution < 1.29 is 4.74 Å². The number of nitrogen functional groups attached to an aromatic ring is 1. The smallest absolute Gasteiger partial charge is 0.142 e. The Morgan fingerprint density at radius 2 is 1.94 bits per heavy atom. The molecule has 0 radical (unpaired) electrons. The van der Waals surface area contributed by atoms with E-state index in [2.05, 4.69) is 18.7 Å². The van der Waals surface area contributed by atoms with Crippen LogP contribution in [0, 0.1) is 0 Å². The van der Waals surface area contributed by atoms with Crippen molar-refractivity contribution in [1.29, 1.82) is 0 Å². The van der Waals surface area contributed by atoms with Crippen LogP contribution < -0.4 is 15.4 Å². The van der Waals surface area contributed by atoms with Crippen LogP contribution in [0.15, 0.2) is 18.2 Å². The highest BCUT2D eigenvalue weighted by molar-refractivity contribution is 5.66. The molecule has 0 spiro atoms. The molecule has 1 saturated heterocycles. The summed E-state index contributed by atoms with van der Waals surface area (Å²) in [5.41, 5.74) is 7.84. The van der Waals surface area contributed by atoms with Gasteiger partial charge in [-0.05, 0) is 51.8 Å². The van der Waals surface area contributed by atoms with Crippen LogP contribution in [0.4, 0.5) is 11.4 Å². The number of nitrogens with zero attached hydrogens (tertiary/aromatic N) is 1. The molecule has 2 N–H and O–H groups in total. The van der Waals surface area contributed by atoms with Crippen molar-refractivity contribution in [2.24, 2.45) is 0 Å². The van der Waals surface area contributed by atoms with E-state index in [0.29, 0.717) is 18.7 Å². The maximum absolute atomic E-state index is 5.90. The van der Waals surface area contributed by atoms with Gasteiger partial charge in [-0.1, -0.05) is 0 Å². The van der Waals surface area contributed by atoms with Gasteiger partial charge in [-0.2, -0.15) is 0 Å². The molecule has 0 bridgehead atoms. The minimum absolute atomic E-state index is 0.561. The van der Waals surface area contributed by atoms with Crippen molar-refractivity contribution in [3.63, 3.8) is 0 Å². The second-order valence-electron chi connectivity index (χ2n) is 4.84. The molecule has 94 valence electrons. The number of nitrogens with two attached hydrogens (primary N) is 1. The van der Waals surface area contributed by atoms with Gasteiger partial charge in [0.1, 0.15) is 5.75 Å². The third kappa shape index (κ3) is 2.33. The first-order chi connectivity index (χ1) is 8.13. The summed E-state index contributed by atoms with van der Waals surface area (Å²) in [5.74, 6) is 0.947. The Morgan fingerprint density at radius 1 is 1.29 bits per heavy atom. The van der Waals surface area contributed by atoms with Gasteiger partial charge in [0.2, 0.25) is 0 Å². The lowest BCUT2D eigenvalue weighted by atomic mass is 10.2. The monoisotopic (exact) mass is 234 g/mol. The van der Waals surface area contributed by atoms with Crippen molar-refractivity contribution >= 4 is 11.4 Å². The SMILES string of the molecule is CCOc1ccc(N)cc1N1C(C)CCC1C. The lowest BCUT2D eigenvalue weighted by molar-refractivity contribution is 0.339. The Bertz CT molecular complexity index is 382. The summed E-state index contributed by atoms with van der Waals surface area (Å²) in [7, 11) is 0. The molecule has 0 aliphatic carbocycles. The molecule has 2 unspecified atom stereocenters. The van der Waals surface area contributed by atoms with E-state index in [1.54, 1.807) is 0 Å². The second kappa shape index (κ2) is 4.86. The summed E-state index contributed by atoms with van der Waals surface area (Å²) in [6, 6.07) is 7.03. The lowest BCUT2D eigenvalue weighted by Crippen LogP contribution is -2.32. The molecule has 1 heterocycles. The van der Waals surface area contributed by atoms with Gasteiger partial charge < -0.3 is 15.4 Å². The number of benzene rings is 1. The molecule has 3 heteroatoms. The lowest BCUT2D eigenvalue weighted by Gasteiger charge is -2.30. The van der Waals surface area contributed by atoms with Crippen LogP contribution >= 0.6 is 0 Å². The van der Waals surface area contributed by atoms with Gasteiger partial charge in [-0.15, -0.1) is 0 Å². The fourth-order valence-electron chi connectivity index (χ4n) is 2.68. The molecule has 1 aromatic rings. The number of hydrogen-bond acceptors (Lipinski definition) is 3. The van der Waals surface area contributed by atoms with Crippen molar-refractivity contribution in [1.82, 2.24) is 0 Å². The number of rotatable bonds is 3. The zero-order valence-electron chi connectivity index (χ0n) is 10.9. The fraction of sp³-hybridized carbons (Fsp3) is 0.571. The highest BCUT2D eigenvalue weighted by Gasteiger charge is 2.29. The maximum Gasteiger partial charge on any atom is 0.142 e. The van der Waals surface area contributed by atoms with Crippen molar-refractivity contribution in [3.05, 3.63) is 18.2 Å². The zero-order chi connectivity index (χ0) is 12.4. The van der Waals surface area contributed by atoms with E-state index < -0.39 is 0 Å². The van der Waals surface area contributed by atoms with Gasteiger partial charge in [-0.25, -0.2) is 0 Å². The minimum atomic E-state index is 0.561. The Balaban J connectivity index is 2.38. The highest BCUT2D eigenvalue weighted by Crippen LogP contribution is 2.37. The van der Waals surface area contributed by atoms with Crippen LogP contribution in [0.2, 0.25) is 0 Å². The molecule has 3 nitrogen and oxygen atoms in total. The van der Waals surface area contributed by atoms with E-state index in [1.165, 1.54) is 12.8 Å². The summed E-state index contributed by atoms with van der Waals surface area (Å²) >= 11 is 0. The number of hydrogen-bond donors (Lipinski definition) is 1. The van der Waals surface area contributed by atoms with Gasteiger partial charge in [0.05, 0.1) is 12.3 Å². The molecule has 0 amide bonds. The largest absolute Gasteiger partial charge is 0.492 e. The molecule has 2 rings (SSSR count). The quantitative estimate of drug-likeness (QED) is 0.817. The molecular weight excluding hydrogens is 212 g/mol. The molecule has 0 aromatic heterocycles. The van der Waals surface area contributed by atoms with Gasteiger partial charge in [0, 0.05) is 17.8 Å². The fourth-order valence-corrected chi connectivity index (χ4v) is 2.68. The van der Waals surface area contributed by atoms with Crippen LogP contribution in [0.1, 0.15) is 33.6 Å². The van der Waals surface area contributed by atoms with E-state index in [1.807, 2.05) is 25.1 Å². The van der Waals surface area contributed by atoms with Crippen LogP contribution in [0.25, 0.3) is 0 Å². The topological polar surface area (TPSA) is 38.5 Å². The normalized spacial score (nSPS) is 24.1. The predicted molar refractivity (Wildman–Crippen MR) is 72.7 cm³/mol. The summed E-state index contributed by atoms with van der Waals surface area (Å²) in [5, 5.41) is 0. The molecule has 2 atom stereocenters. The maximum atomic E-state index is 5.90. The van der Waals surface area contributed by atoms with E-state index in [-0.39, 0.29) is 0 Å². The summed E-state index contributed by atoms with van der Waals surface area (Å²) < 4.78 is 5.70. The van der Waals surface area contributed by atoms with Crippen LogP contribution in [-0.4, -0.2) is 18.7 Å². The van der Waals surface area contributed by atoms with Crippen LogP contribution in [-0.2, 0) is 0 Å². The Labute approximate surface area is 104 Å². The first-order valence-electron chi connectivity index (χ1n) is 6.44. The van der Waals surface area contributed by atoms with Gasteiger partial charge in [-0.3, -0.25) is 0 Å². The summed E-state index contributed by atoms with van der Waals surface area (Å²) in [4.78, 5) is 2.43. The highest BCUT2D eigenvalue weighted by atomic mass is 16.5. The van der Waals surface area contributed by atoms with Crippen molar-refractivity contribution in [3.8, 4) is 5.75 Å². The van der Waals surface area contributed by atoms with E-state index in [9.17, 15) is 0 Å². The van der Waals surface area contributed by atoms with Crippen LogP contribution in [0.3, 0.4) is 0 Å². The number of anilines is 2. The average Bonchev–Trinajstić information content (AvgIpc) is 2.62. The molecule has 0 saturated carbocycles. The number of ether oxygens (including phenoxy) is 1. The van der Waals surface area contributed by atoms with Crippen molar-refractivity contribution in [2.45, 2.75) is 45.7 Å². The predicted octanol–water partition coefficient (Wildman–Crippen LogP) is 3.04. The van der Waals surface area contributed by atoms with E-state index in [4.69, 9.17) is 10.5 Å². The third-order valence-electron chi connectivity index (χ3n) is 3.51. The second-order valence-corrected chi connectivity index (χ2v) is 4.84. The average molecular weight is 234 g/mol. The summed E-state index contributed by atoms with van der Waals surface area (Å²) in [6.07, 6.45) is 2.48. The Kier molecular flexibility index (Phi) is 3.46. The molecule has 1 aromatic carbocycles. The molecule has 1 aliphatic heterocycles. The Hall–Kier alpha value is -1.38. The zero-order valence-corrected chi connectivity index (χ0v) is 10.9. The van der Waals surface area contributed by atoms with Gasteiger partial charge in [0.15, 0.2) is 0 Å². The standard InChI is InChI=1S/C14H22N2O/c1-4-17-14-8-7-12(15)9-13(14)16-10(2)5-6-11(16)3/h7-11H,4-6,15H2,1-3H3. The Morgan fingerprint density at radius 3 is 2.53 bits per heavy atom. The van der Waals surface area contributed by atoms with Crippen molar-refractivity contribution in [2.75, 3.05) is 17.2 Å². The molecule has 1 aliphatic rings.